The molecule has 0 aromatic rings. The van der Waals surface area contributed by atoms with Gasteiger partial charge in [0.25, 0.3) is 0 Å². The van der Waals surface area contributed by atoms with Gasteiger partial charge in [0, 0.05) is 19.9 Å². The van der Waals surface area contributed by atoms with Crippen molar-refractivity contribution in [3.05, 3.63) is 24.2 Å². The number of esters is 2. The number of hydrogen-bond acceptors (Lipinski definition) is 4. The molecule has 0 aromatic carbocycles. The van der Waals surface area contributed by atoms with Crippen molar-refractivity contribution in [3.8, 4) is 0 Å². The third-order valence-corrected chi connectivity index (χ3v) is 0.944. The maximum absolute atomic E-state index is 10.5. The molecular formula is C9H12O4. The third kappa shape index (κ3) is 6.80. The van der Waals surface area contributed by atoms with Crippen molar-refractivity contribution in [1.29, 1.82) is 0 Å². The van der Waals surface area contributed by atoms with Gasteiger partial charge in [-0.1, -0.05) is 6.58 Å². The van der Waals surface area contributed by atoms with E-state index in [1.165, 1.54) is 19.9 Å². The number of rotatable bonds is 3. The summed E-state index contributed by atoms with van der Waals surface area (Å²) < 4.78 is 9.27. The molecule has 0 amide bonds. The largest absolute Gasteiger partial charge is 0.431 e. The van der Waals surface area contributed by atoms with E-state index in [9.17, 15) is 9.59 Å². The van der Waals surface area contributed by atoms with Crippen LogP contribution in [0.1, 0.15) is 20.8 Å². The number of hydrogen-bond donors (Lipinski definition) is 0. The molecule has 0 aliphatic heterocycles. The predicted octanol–water partition coefficient (Wildman–Crippen LogP) is 1.53. The average Bonchev–Trinajstić information content (AvgIpc) is 1.80. The van der Waals surface area contributed by atoms with Crippen LogP contribution in [0.15, 0.2) is 24.2 Å². The Morgan fingerprint density at radius 3 is 1.92 bits per heavy atom. The molecular weight excluding hydrogens is 172 g/mol. The summed E-state index contributed by atoms with van der Waals surface area (Å²) in [7, 11) is 0. The molecule has 0 spiro atoms. The zero-order chi connectivity index (χ0) is 10.4. The lowest BCUT2D eigenvalue weighted by atomic mass is 10.4. The lowest BCUT2D eigenvalue weighted by molar-refractivity contribution is -0.136. The topological polar surface area (TPSA) is 52.6 Å². The Morgan fingerprint density at radius 1 is 1.08 bits per heavy atom. The molecule has 0 unspecified atom stereocenters. The predicted molar refractivity (Wildman–Crippen MR) is 46.4 cm³/mol. The van der Waals surface area contributed by atoms with E-state index in [1.807, 2.05) is 0 Å². The van der Waals surface area contributed by atoms with Crippen molar-refractivity contribution in [2.45, 2.75) is 20.8 Å². The Labute approximate surface area is 76.8 Å². The van der Waals surface area contributed by atoms with Crippen molar-refractivity contribution >= 4 is 11.9 Å². The first-order valence-corrected chi connectivity index (χ1v) is 3.66. The van der Waals surface area contributed by atoms with E-state index >= 15 is 0 Å². The van der Waals surface area contributed by atoms with Gasteiger partial charge >= 0.3 is 11.9 Å². The first-order chi connectivity index (χ1) is 5.91. The molecule has 0 atom stereocenters. The summed E-state index contributed by atoms with van der Waals surface area (Å²) in [5, 5.41) is 0. The maximum Gasteiger partial charge on any atom is 0.308 e. The molecule has 13 heavy (non-hydrogen) atoms. The van der Waals surface area contributed by atoms with Gasteiger partial charge in [-0.25, -0.2) is 0 Å². The summed E-state index contributed by atoms with van der Waals surface area (Å²) in [6, 6.07) is 0. The summed E-state index contributed by atoms with van der Waals surface area (Å²) in [6.07, 6.45) is 1.36. The van der Waals surface area contributed by atoms with Crippen LogP contribution in [0.4, 0.5) is 0 Å². The third-order valence-electron chi connectivity index (χ3n) is 0.944. The Morgan fingerprint density at radius 2 is 1.54 bits per heavy atom. The van der Waals surface area contributed by atoms with Crippen molar-refractivity contribution in [2.24, 2.45) is 0 Å². The first kappa shape index (κ1) is 11.4. The SMILES string of the molecule is C=C(/C=C(/C)OC(C)=O)OC(C)=O. The van der Waals surface area contributed by atoms with Gasteiger partial charge in [-0.15, -0.1) is 0 Å². The van der Waals surface area contributed by atoms with Gasteiger partial charge in [-0.3, -0.25) is 9.59 Å². The highest BCUT2D eigenvalue weighted by atomic mass is 16.5. The fraction of sp³-hybridized carbons (Fsp3) is 0.333. The summed E-state index contributed by atoms with van der Waals surface area (Å²) in [4.78, 5) is 20.9. The number of carbonyl (C=O) groups is 2. The van der Waals surface area contributed by atoms with Crippen LogP contribution in [0.25, 0.3) is 0 Å². The molecule has 4 nitrogen and oxygen atoms in total. The smallest absolute Gasteiger partial charge is 0.308 e. The lowest BCUT2D eigenvalue weighted by Gasteiger charge is -2.02. The van der Waals surface area contributed by atoms with E-state index in [0.29, 0.717) is 5.76 Å². The highest BCUT2D eigenvalue weighted by Gasteiger charge is 1.99. The molecule has 0 aliphatic rings. The van der Waals surface area contributed by atoms with Gasteiger partial charge in [0.2, 0.25) is 0 Å². The fourth-order valence-corrected chi connectivity index (χ4v) is 0.697. The minimum absolute atomic E-state index is 0.145. The van der Waals surface area contributed by atoms with Crippen LogP contribution >= 0.6 is 0 Å². The van der Waals surface area contributed by atoms with Crippen LogP contribution in [0.3, 0.4) is 0 Å². The zero-order valence-corrected chi connectivity index (χ0v) is 7.92. The second-order valence-corrected chi connectivity index (χ2v) is 2.41. The maximum atomic E-state index is 10.5. The minimum Gasteiger partial charge on any atom is -0.431 e. The van der Waals surface area contributed by atoms with Crippen LogP contribution < -0.4 is 0 Å². The van der Waals surface area contributed by atoms with Crippen molar-refractivity contribution in [1.82, 2.24) is 0 Å². The standard InChI is InChI=1S/C9H12O4/c1-6(12-8(3)10)5-7(2)13-9(4)11/h5H,1H2,2-4H3/b7-5-. The molecule has 0 fully saturated rings. The minimum atomic E-state index is -0.461. The van der Waals surface area contributed by atoms with E-state index < -0.39 is 11.9 Å². The highest BCUT2D eigenvalue weighted by molar-refractivity contribution is 5.68. The van der Waals surface area contributed by atoms with Crippen LogP contribution in [-0.4, -0.2) is 11.9 Å². The number of ether oxygens (including phenoxy) is 2. The van der Waals surface area contributed by atoms with Crippen LogP contribution in [0.2, 0.25) is 0 Å². The van der Waals surface area contributed by atoms with Crippen molar-refractivity contribution < 1.29 is 19.1 Å². The summed E-state index contributed by atoms with van der Waals surface area (Å²) in [6.45, 7) is 7.54. The molecule has 4 heteroatoms. The van der Waals surface area contributed by atoms with Crippen molar-refractivity contribution in [3.63, 3.8) is 0 Å². The van der Waals surface area contributed by atoms with Gasteiger partial charge in [0.05, 0.1) is 0 Å². The van der Waals surface area contributed by atoms with Gasteiger partial charge in [0.1, 0.15) is 11.5 Å². The van der Waals surface area contributed by atoms with Crippen LogP contribution in [-0.2, 0) is 19.1 Å². The normalized spacial score (nSPS) is 10.5. The molecule has 0 rings (SSSR count). The fourth-order valence-electron chi connectivity index (χ4n) is 0.697. The van der Waals surface area contributed by atoms with Crippen molar-refractivity contribution in [2.75, 3.05) is 0 Å². The monoisotopic (exact) mass is 184 g/mol. The van der Waals surface area contributed by atoms with Gasteiger partial charge in [-0.05, 0) is 6.92 Å². The average molecular weight is 184 g/mol. The quantitative estimate of drug-likeness (QED) is 0.379. The lowest BCUT2D eigenvalue weighted by Crippen LogP contribution is -1.99. The Balaban J connectivity index is 4.14. The molecule has 0 aromatic heterocycles. The van der Waals surface area contributed by atoms with E-state index in [-0.39, 0.29) is 5.76 Å². The van der Waals surface area contributed by atoms with Gasteiger partial charge < -0.3 is 9.47 Å². The van der Waals surface area contributed by atoms with Gasteiger partial charge in [-0.2, -0.15) is 0 Å². The molecule has 0 saturated carbocycles. The second kappa shape index (κ2) is 5.13. The molecule has 0 heterocycles. The zero-order valence-electron chi connectivity index (χ0n) is 7.92. The van der Waals surface area contributed by atoms with E-state index in [1.54, 1.807) is 6.92 Å². The number of allylic oxidation sites excluding steroid dienone is 2. The molecule has 0 bridgehead atoms. The number of carbonyl (C=O) groups excluding carboxylic acids is 2. The van der Waals surface area contributed by atoms with Gasteiger partial charge in [0.15, 0.2) is 0 Å². The molecule has 0 radical (unpaired) electrons. The summed E-state index contributed by atoms with van der Waals surface area (Å²) in [5.41, 5.74) is 0. The Hall–Kier alpha value is -1.58. The van der Waals surface area contributed by atoms with E-state index in [2.05, 4.69) is 16.1 Å². The Kier molecular flexibility index (Phi) is 4.51. The molecule has 0 aliphatic carbocycles. The summed E-state index contributed by atoms with van der Waals surface area (Å²) >= 11 is 0. The summed E-state index contributed by atoms with van der Waals surface area (Å²) in [5.74, 6) is -0.411. The molecule has 0 N–H and O–H groups in total. The highest BCUT2D eigenvalue weighted by Crippen LogP contribution is 2.03. The second-order valence-electron chi connectivity index (χ2n) is 2.41. The van der Waals surface area contributed by atoms with E-state index in [4.69, 9.17) is 0 Å². The van der Waals surface area contributed by atoms with Crippen LogP contribution in [0.5, 0.6) is 0 Å². The molecule has 72 valence electrons. The molecule has 0 saturated heterocycles. The van der Waals surface area contributed by atoms with E-state index in [0.717, 1.165) is 0 Å². The first-order valence-electron chi connectivity index (χ1n) is 3.66. The Bertz CT molecular complexity index is 263. The van der Waals surface area contributed by atoms with Crippen LogP contribution in [0, 0.1) is 0 Å².